The van der Waals surface area contributed by atoms with Gasteiger partial charge >= 0.3 is 6.09 Å². The molecule has 11 nitrogen and oxygen atoms in total. The van der Waals surface area contributed by atoms with Crippen LogP contribution < -0.4 is 5.32 Å². The number of amides is 2. The maximum absolute atomic E-state index is 12.4. The largest absolute Gasteiger partial charge is 0.444 e. The van der Waals surface area contributed by atoms with Gasteiger partial charge in [0.15, 0.2) is 15.9 Å². The third kappa shape index (κ3) is 6.09. The van der Waals surface area contributed by atoms with Gasteiger partial charge in [-0.1, -0.05) is 11.3 Å². The number of likely N-dealkylation sites (tertiary alicyclic amines) is 1. The molecule has 2 aliphatic rings. The van der Waals surface area contributed by atoms with Crippen LogP contribution in [0.5, 0.6) is 0 Å². The van der Waals surface area contributed by atoms with Gasteiger partial charge in [0.25, 0.3) is 0 Å². The molecule has 2 fully saturated rings. The summed E-state index contributed by atoms with van der Waals surface area (Å²) in [7, 11) is 0. The minimum Gasteiger partial charge on any atom is -0.444 e. The fourth-order valence-corrected chi connectivity index (χ4v) is 6.94. The fourth-order valence-electron chi connectivity index (χ4n) is 5.11. The third-order valence-corrected chi connectivity index (χ3v) is 9.40. The first kappa shape index (κ1) is 27.8. The number of rotatable bonds is 6. The first-order valence-corrected chi connectivity index (χ1v) is 16.1. The Balaban J connectivity index is 1.04. The van der Waals surface area contributed by atoms with Crippen molar-refractivity contribution in [1.29, 1.82) is 0 Å². The number of hydrogen-bond donors (Lipinski definition) is 1. The number of aromatic nitrogens is 6. The minimum atomic E-state index is -0.497. The first-order chi connectivity index (χ1) is 20.7. The molecule has 1 saturated carbocycles. The van der Waals surface area contributed by atoms with Crippen LogP contribution in [-0.2, 0) is 9.53 Å². The molecule has 7 rings (SSSR count). The first-order valence-electron chi connectivity index (χ1n) is 14.5. The maximum Gasteiger partial charge on any atom is 0.410 e. The summed E-state index contributed by atoms with van der Waals surface area (Å²) in [5.41, 5.74) is 2.95. The lowest BCUT2D eigenvalue weighted by Crippen LogP contribution is -2.42. The van der Waals surface area contributed by atoms with Gasteiger partial charge in [0.05, 0.1) is 22.0 Å². The monoisotopic (exact) mass is 616 g/mol. The van der Waals surface area contributed by atoms with Crippen LogP contribution in [0.4, 0.5) is 9.93 Å². The summed E-state index contributed by atoms with van der Waals surface area (Å²) in [6.07, 6.45) is 7.35. The van der Waals surface area contributed by atoms with Gasteiger partial charge in [-0.05, 0) is 94.6 Å². The zero-order chi connectivity index (χ0) is 29.7. The van der Waals surface area contributed by atoms with Crippen molar-refractivity contribution in [1.82, 2.24) is 34.3 Å². The molecule has 0 radical (unpaired) electrons. The third-order valence-electron chi connectivity index (χ3n) is 7.51. The second kappa shape index (κ2) is 10.9. The molecule has 1 N–H and O–H groups in total. The van der Waals surface area contributed by atoms with E-state index in [9.17, 15) is 9.59 Å². The van der Waals surface area contributed by atoms with Crippen molar-refractivity contribution in [2.75, 3.05) is 18.4 Å². The van der Waals surface area contributed by atoms with Gasteiger partial charge in [0.1, 0.15) is 5.60 Å². The van der Waals surface area contributed by atoms with Crippen LogP contribution in [0.2, 0.25) is 0 Å². The lowest BCUT2D eigenvalue weighted by molar-refractivity contribution is -0.117. The summed E-state index contributed by atoms with van der Waals surface area (Å²) >= 11 is 3.01. The number of pyridine rings is 1. The average molecular weight is 617 g/mol. The number of carbonyl (C=O) groups is 2. The number of nitrogens with zero attached hydrogens (tertiary/aromatic N) is 7. The van der Waals surface area contributed by atoms with Crippen molar-refractivity contribution < 1.29 is 14.3 Å². The molecule has 1 aromatic carbocycles. The van der Waals surface area contributed by atoms with Crippen LogP contribution in [0.3, 0.4) is 0 Å². The molecule has 1 aliphatic heterocycles. The van der Waals surface area contributed by atoms with Crippen LogP contribution in [0.25, 0.3) is 27.1 Å². The molecule has 1 aliphatic carbocycles. The van der Waals surface area contributed by atoms with Crippen molar-refractivity contribution in [3.63, 3.8) is 0 Å². The van der Waals surface area contributed by atoms with Crippen LogP contribution >= 0.6 is 23.1 Å². The Hall–Kier alpha value is -3.97. The maximum atomic E-state index is 12.4. The predicted molar refractivity (Wildman–Crippen MR) is 165 cm³/mol. The van der Waals surface area contributed by atoms with Gasteiger partial charge in [0, 0.05) is 41.9 Å². The van der Waals surface area contributed by atoms with Crippen LogP contribution in [0.15, 0.2) is 58.8 Å². The summed E-state index contributed by atoms with van der Waals surface area (Å²) in [5, 5.41) is 18.0. The quantitative estimate of drug-likeness (QED) is 0.237. The lowest BCUT2D eigenvalue weighted by atomic mass is 10.1. The van der Waals surface area contributed by atoms with Crippen molar-refractivity contribution in [3.8, 4) is 11.3 Å². The molecule has 0 atom stereocenters. The van der Waals surface area contributed by atoms with Gasteiger partial charge in [-0.25, -0.2) is 9.78 Å². The van der Waals surface area contributed by atoms with Crippen LogP contribution in [-0.4, -0.2) is 65.0 Å². The van der Waals surface area contributed by atoms with E-state index in [1.165, 1.54) is 23.1 Å². The van der Waals surface area contributed by atoms with E-state index in [1.807, 2.05) is 72.6 Å². The molecule has 1 saturated heterocycles. The van der Waals surface area contributed by atoms with Crippen molar-refractivity contribution in [3.05, 3.63) is 48.8 Å². The summed E-state index contributed by atoms with van der Waals surface area (Å²) in [6, 6.07) is 12.3. The highest BCUT2D eigenvalue weighted by molar-refractivity contribution is 7.99. The number of carbonyl (C=O) groups excluding carboxylic acids is 2. The normalized spacial score (nSPS) is 16.2. The van der Waals surface area contributed by atoms with Crippen molar-refractivity contribution >= 4 is 56.1 Å². The molecule has 5 heterocycles. The molecule has 0 unspecified atom stereocenters. The van der Waals surface area contributed by atoms with Crippen molar-refractivity contribution in [2.45, 2.75) is 68.1 Å². The fraction of sp³-hybridized carbons (Fsp3) is 0.400. The highest BCUT2D eigenvalue weighted by Crippen LogP contribution is 2.35. The Bertz CT molecular complexity index is 1830. The number of piperidine rings is 1. The van der Waals surface area contributed by atoms with E-state index in [0.29, 0.717) is 18.2 Å². The Morgan fingerprint density at radius 3 is 2.63 bits per heavy atom. The Kier molecular flexibility index (Phi) is 7.08. The van der Waals surface area contributed by atoms with E-state index in [2.05, 4.69) is 26.6 Å². The summed E-state index contributed by atoms with van der Waals surface area (Å²) in [6.45, 7) is 6.95. The van der Waals surface area contributed by atoms with Crippen LogP contribution in [0, 0.1) is 5.92 Å². The number of fused-ring (bicyclic) bond motifs is 2. The number of hydrogen-bond acceptors (Lipinski definition) is 9. The smallest absolute Gasteiger partial charge is 0.410 e. The summed E-state index contributed by atoms with van der Waals surface area (Å²) in [4.78, 5) is 32.0. The molecule has 4 aromatic heterocycles. The highest BCUT2D eigenvalue weighted by atomic mass is 32.2. The standard InChI is InChI=1S/C30H32N8O3S2/c1-30(2,3)41-29(40)36-13-10-20(11-14-36)38-15-12-22(35-38)19-6-9-25-33-34-28(37(25)17-19)42-21-7-8-23-24(16-21)43-27(31-23)32-26(39)18-4-5-18/h6-9,12,15-18,20H,4-5,10-11,13-14H2,1-3H3,(H,31,32,39). The second-order valence-electron chi connectivity index (χ2n) is 12.0. The van der Waals surface area contributed by atoms with E-state index >= 15 is 0 Å². The second-order valence-corrected chi connectivity index (χ2v) is 14.1. The molecule has 222 valence electrons. The summed E-state index contributed by atoms with van der Waals surface area (Å²) < 4.78 is 10.5. The molecule has 5 aromatic rings. The molecule has 13 heteroatoms. The topological polar surface area (TPSA) is 120 Å². The predicted octanol–water partition coefficient (Wildman–Crippen LogP) is 6.27. The van der Waals surface area contributed by atoms with Gasteiger partial charge in [-0.15, -0.1) is 10.2 Å². The lowest BCUT2D eigenvalue weighted by Gasteiger charge is -2.33. The van der Waals surface area contributed by atoms with Gasteiger partial charge in [-0.3, -0.25) is 13.9 Å². The zero-order valence-electron chi connectivity index (χ0n) is 24.2. The number of nitrogens with one attached hydrogen (secondary N) is 1. The SMILES string of the molecule is CC(C)(C)OC(=O)N1CCC(n2ccc(-c3ccc4nnc(Sc5ccc6nc(NC(=O)C7CC7)sc6c5)n4c3)n2)CC1. The number of benzene rings is 1. The zero-order valence-corrected chi connectivity index (χ0v) is 25.8. The van der Waals surface area contributed by atoms with Gasteiger partial charge in [-0.2, -0.15) is 5.10 Å². The van der Waals surface area contributed by atoms with E-state index in [0.717, 1.165) is 62.9 Å². The van der Waals surface area contributed by atoms with E-state index < -0.39 is 5.60 Å². The molecule has 2 amide bonds. The van der Waals surface area contributed by atoms with E-state index in [4.69, 9.17) is 9.84 Å². The molecule has 43 heavy (non-hydrogen) atoms. The highest BCUT2D eigenvalue weighted by Gasteiger charge is 2.30. The van der Waals surface area contributed by atoms with Crippen molar-refractivity contribution in [2.24, 2.45) is 5.92 Å². The van der Waals surface area contributed by atoms with E-state index in [-0.39, 0.29) is 24.0 Å². The van der Waals surface area contributed by atoms with E-state index in [1.54, 1.807) is 4.90 Å². The number of ether oxygens (including phenoxy) is 1. The molecular formula is C30H32N8O3S2. The molecule has 0 bridgehead atoms. The van der Waals surface area contributed by atoms with Gasteiger partial charge in [0.2, 0.25) is 5.91 Å². The van der Waals surface area contributed by atoms with Gasteiger partial charge < -0.3 is 15.0 Å². The summed E-state index contributed by atoms with van der Waals surface area (Å²) in [5.74, 6) is 0.204. The number of thiazole rings is 1. The Labute approximate surface area is 256 Å². The molecular weight excluding hydrogens is 585 g/mol. The Morgan fingerprint density at radius 2 is 1.86 bits per heavy atom. The minimum absolute atomic E-state index is 0.0628. The molecule has 0 spiro atoms. The van der Waals surface area contributed by atoms with Crippen LogP contribution in [0.1, 0.15) is 52.5 Å². The number of anilines is 1. The Morgan fingerprint density at radius 1 is 1.05 bits per heavy atom. The average Bonchev–Trinajstić information content (AvgIpc) is 3.39.